The van der Waals surface area contributed by atoms with Gasteiger partial charge in [0, 0.05) is 38.6 Å². The molecule has 0 saturated carbocycles. The summed E-state index contributed by atoms with van der Waals surface area (Å²) in [5.41, 5.74) is 9.58. The van der Waals surface area contributed by atoms with E-state index in [-0.39, 0.29) is 46.7 Å². The maximum Gasteiger partial charge on any atom is 0.143 e. The number of anilines is 3. The van der Waals surface area contributed by atoms with E-state index >= 15 is 0 Å². The van der Waals surface area contributed by atoms with Crippen molar-refractivity contribution in [1.82, 2.24) is 0 Å². The highest BCUT2D eigenvalue weighted by Gasteiger charge is 2.37. The SMILES string of the molecule is [2H]c1c([2H])c(N(c2cccc(-c3cccc4oc5c6ccccc6ccc5c34)c2)c2c([2H])c([2H])c(-c3cccc4c3C(C)(C)c3ccccc3-4)c([2H])c2[2H])c([2H])c([2H])c1-c1ccc(-c2ccccc2)cc1. The monoisotopic (exact) mass is 813 g/mol. The molecular weight excluding hydrogens is 763 g/mol. The molecule has 1 heterocycles. The molecule has 0 atom stereocenters. The fourth-order valence-corrected chi connectivity index (χ4v) is 9.61. The molecule has 1 aliphatic rings. The summed E-state index contributed by atoms with van der Waals surface area (Å²) in [4.78, 5) is 1.38. The molecule has 0 bridgehead atoms. The fourth-order valence-electron chi connectivity index (χ4n) is 9.61. The number of hydrogen-bond acceptors (Lipinski definition) is 2. The van der Waals surface area contributed by atoms with Crippen LogP contribution in [0.2, 0.25) is 0 Å². The second-order valence-electron chi connectivity index (χ2n) is 16.6. The maximum absolute atomic E-state index is 9.89. The van der Waals surface area contributed by atoms with Crippen LogP contribution in [0.3, 0.4) is 0 Å². The summed E-state index contributed by atoms with van der Waals surface area (Å²) in [6.07, 6.45) is 0. The molecular formula is C61H43NO. The van der Waals surface area contributed by atoms with Crippen LogP contribution in [-0.4, -0.2) is 0 Å². The van der Waals surface area contributed by atoms with Crippen LogP contribution in [0.15, 0.2) is 229 Å². The van der Waals surface area contributed by atoms with E-state index in [4.69, 9.17) is 4.42 Å². The first-order chi connectivity index (χ1) is 34.3. The third kappa shape index (κ3) is 6.09. The molecule has 2 nitrogen and oxygen atoms in total. The van der Waals surface area contributed by atoms with Gasteiger partial charge in [0.1, 0.15) is 11.2 Å². The Morgan fingerprint density at radius 2 is 1.00 bits per heavy atom. The number of hydrogen-bond donors (Lipinski definition) is 0. The molecule has 0 spiro atoms. The number of rotatable bonds is 7. The number of furan rings is 1. The van der Waals surface area contributed by atoms with E-state index in [1.807, 2.05) is 133 Å². The largest absolute Gasteiger partial charge is 0.455 e. The lowest BCUT2D eigenvalue weighted by molar-refractivity contribution is 0.662. The molecule has 0 unspecified atom stereocenters. The smallest absolute Gasteiger partial charge is 0.143 e. The Kier molecular flexibility index (Phi) is 6.80. The van der Waals surface area contributed by atoms with Crippen LogP contribution in [0.4, 0.5) is 17.1 Å². The zero-order valence-corrected chi connectivity index (χ0v) is 34.6. The highest BCUT2D eigenvalue weighted by atomic mass is 16.3. The van der Waals surface area contributed by atoms with Crippen LogP contribution >= 0.6 is 0 Å². The van der Waals surface area contributed by atoms with Crippen LogP contribution in [0.1, 0.15) is 35.9 Å². The van der Waals surface area contributed by atoms with Crippen LogP contribution in [0.5, 0.6) is 0 Å². The summed E-state index contributed by atoms with van der Waals surface area (Å²) in [6, 6.07) is 53.6. The molecule has 2 heteroatoms. The van der Waals surface area contributed by atoms with Gasteiger partial charge in [-0.15, -0.1) is 0 Å². The van der Waals surface area contributed by atoms with Crippen molar-refractivity contribution in [3.8, 4) is 55.6 Å². The first kappa shape index (κ1) is 29.3. The highest BCUT2D eigenvalue weighted by Crippen LogP contribution is 2.52. The zero-order valence-electron chi connectivity index (χ0n) is 42.6. The Bertz CT molecular complexity index is 3950. The Balaban J connectivity index is 1.08. The minimum atomic E-state index is -0.522. The summed E-state index contributed by atoms with van der Waals surface area (Å²) in [7, 11) is 0. The first-order valence-electron chi connectivity index (χ1n) is 25.2. The van der Waals surface area contributed by atoms with Crippen LogP contribution in [0, 0.1) is 0 Å². The van der Waals surface area contributed by atoms with Gasteiger partial charge < -0.3 is 9.32 Å². The normalized spacial score (nSPS) is 14.5. The average molecular weight is 814 g/mol. The van der Waals surface area contributed by atoms with E-state index in [1.165, 1.54) is 4.90 Å². The number of fused-ring (bicyclic) bond motifs is 8. The van der Waals surface area contributed by atoms with Crippen molar-refractivity contribution in [2.75, 3.05) is 4.90 Å². The third-order valence-corrected chi connectivity index (χ3v) is 12.6. The lowest BCUT2D eigenvalue weighted by Gasteiger charge is -2.27. The molecule has 0 saturated heterocycles. The van der Waals surface area contributed by atoms with Gasteiger partial charge in [-0.1, -0.05) is 190 Å². The van der Waals surface area contributed by atoms with E-state index < -0.39 is 29.6 Å². The molecule has 11 aromatic rings. The van der Waals surface area contributed by atoms with Gasteiger partial charge in [0.05, 0.1) is 11.0 Å². The van der Waals surface area contributed by atoms with Crippen LogP contribution in [0.25, 0.3) is 88.3 Å². The Morgan fingerprint density at radius 3 is 1.79 bits per heavy atom. The summed E-state index contributed by atoms with van der Waals surface area (Å²) < 4.78 is 84.5. The Labute approximate surface area is 379 Å². The summed E-state index contributed by atoms with van der Waals surface area (Å²) in [6.45, 7) is 4.22. The molecule has 0 amide bonds. The van der Waals surface area contributed by atoms with Crippen molar-refractivity contribution in [2.45, 2.75) is 19.3 Å². The Hall–Kier alpha value is -7.94. The van der Waals surface area contributed by atoms with Crippen molar-refractivity contribution in [3.05, 3.63) is 235 Å². The molecule has 0 fully saturated rings. The van der Waals surface area contributed by atoms with Gasteiger partial charge in [-0.2, -0.15) is 0 Å². The van der Waals surface area contributed by atoms with E-state index in [0.717, 1.165) is 66.1 Å². The van der Waals surface area contributed by atoms with Gasteiger partial charge in [-0.05, 0) is 121 Å². The molecule has 10 aromatic carbocycles. The molecule has 298 valence electrons. The molecule has 1 aromatic heterocycles. The summed E-state index contributed by atoms with van der Waals surface area (Å²) >= 11 is 0. The van der Waals surface area contributed by atoms with Crippen molar-refractivity contribution >= 4 is 49.8 Å². The summed E-state index contributed by atoms with van der Waals surface area (Å²) in [5, 5.41) is 3.81. The molecule has 63 heavy (non-hydrogen) atoms. The molecule has 0 aliphatic heterocycles. The van der Waals surface area contributed by atoms with Crippen LogP contribution < -0.4 is 4.90 Å². The minimum absolute atomic E-state index is 0.0968. The zero-order chi connectivity index (χ0) is 49.0. The van der Waals surface area contributed by atoms with E-state index in [0.29, 0.717) is 28.0 Å². The van der Waals surface area contributed by atoms with Gasteiger partial charge in [-0.25, -0.2) is 0 Å². The predicted molar refractivity (Wildman–Crippen MR) is 265 cm³/mol. The van der Waals surface area contributed by atoms with Crippen LogP contribution in [-0.2, 0) is 5.41 Å². The second kappa shape index (κ2) is 14.6. The Morgan fingerprint density at radius 1 is 0.413 bits per heavy atom. The summed E-state index contributed by atoms with van der Waals surface area (Å²) in [5.74, 6) is 0. The number of benzene rings is 10. The quantitative estimate of drug-likeness (QED) is 0.159. The lowest BCUT2D eigenvalue weighted by atomic mass is 9.79. The molecule has 1 aliphatic carbocycles. The van der Waals surface area contributed by atoms with Crippen molar-refractivity contribution in [1.29, 1.82) is 0 Å². The van der Waals surface area contributed by atoms with Crippen molar-refractivity contribution in [2.24, 2.45) is 0 Å². The van der Waals surface area contributed by atoms with Gasteiger partial charge in [0.15, 0.2) is 0 Å². The average Bonchev–Trinajstić information content (AvgIpc) is 3.90. The maximum atomic E-state index is 9.89. The van der Waals surface area contributed by atoms with E-state index in [2.05, 4.69) is 38.1 Å². The highest BCUT2D eigenvalue weighted by molar-refractivity contribution is 6.19. The van der Waals surface area contributed by atoms with Gasteiger partial charge in [0.25, 0.3) is 0 Å². The predicted octanol–water partition coefficient (Wildman–Crippen LogP) is 17.2. The molecule has 12 rings (SSSR count). The topological polar surface area (TPSA) is 16.4 Å². The van der Waals surface area contributed by atoms with Gasteiger partial charge in [-0.3, -0.25) is 0 Å². The van der Waals surface area contributed by atoms with Crippen molar-refractivity contribution < 1.29 is 15.4 Å². The van der Waals surface area contributed by atoms with Gasteiger partial charge in [0.2, 0.25) is 0 Å². The standard InChI is InChI=1S/C61H43NO/c1-61(2)56-23-9-8-19-53(56)54-22-11-21-51(59(54)61)45-31-36-48(37-32-45)62(47-34-29-43(30-35-47)42-27-25-41(26-28-42)40-13-4-3-5-14-40)49-17-10-16-46(39-49)50-20-12-24-57-58(50)55-38-33-44-15-6-7-18-52(44)60(55)63-57/h3-39H,1-2H3/i29D,30D,31D,32D,34D,35D,36D,37D. The number of nitrogens with zero attached hydrogens (tertiary/aromatic N) is 1. The molecule has 0 N–H and O–H groups in total. The molecule has 0 radical (unpaired) electrons. The first-order valence-corrected chi connectivity index (χ1v) is 21.2. The van der Waals surface area contributed by atoms with E-state index in [9.17, 15) is 11.0 Å². The fraction of sp³-hybridized carbons (Fsp3) is 0.0492. The minimum Gasteiger partial charge on any atom is -0.455 e. The van der Waals surface area contributed by atoms with Gasteiger partial charge >= 0.3 is 0 Å². The van der Waals surface area contributed by atoms with E-state index in [1.54, 1.807) is 18.2 Å². The lowest BCUT2D eigenvalue weighted by Crippen LogP contribution is -2.16. The van der Waals surface area contributed by atoms with Crippen molar-refractivity contribution in [3.63, 3.8) is 0 Å². The second-order valence-corrected chi connectivity index (χ2v) is 16.6. The third-order valence-electron chi connectivity index (χ3n) is 12.6.